The highest BCUT2D eigenvalue weighted by atomic mass is 16.5. The van der Waals surface area contributed by atoms with Gasteiger partial charge in [0, 0.05) is 5.57 Å². The number of nitrogens with one attached hydrogen (secondary N) is 1. The molecule has 0 aromatic heterocycles. The highest BCUT2D eigenvalue weighted by molar-refractivity contribution is 6.46. The van der Waals surface area contributed by atoms with Crippen molar-refractivity contribution >= 4 is 17.4 Å². The smallest absolute Gasteiger partial charge is 0.295 e. The molecule has 3 aromatic carbocycles. The number of nitrogens with zero attached hydrogens (tertiary/aromatic N) is 1. The first kappa shape index (κ1) is 26.5. The van der Waals surface area contributed by atoms with Crippen LogP contribution in [0.4, 0.5) is 0 Å². The fourth-order valence-corrected chi connectivity index (χ4v) is 5.08. The third kappa shape index (κ3) is 5.82. The standard InChI is InChI=1S/C31H32N2O6/c1-21-4-2-3-5-24(21)20-39-26-12-8-23(9-13-26)29(35)27-28(22-6-10-25(34)11-7-22)33(31(37)30(27)36)15-14-32-16-18-38-19-17-32/h2-13,28,34-35H,14-20H2,1H3. The molecule has 5 rings (SSSR count). The van der Waals surface area contributed by atoms with Crippen LogP contribution < -0.4 is 14.7 Å². The predicted molar refractivity (Wildman–Crippen MR) is 143 cm³/mol. The first-order valence-electron chi connectivity index (χ1n) is 13.2. The van der Waals surface area contributed by atoms with Crippen molar-refractivity contribution in [1.29, 1.82) is 0 Å². The fourth-order valence-electron chi connectivity index (χ4n) is 5.08. The van der Waals surface area contributed by atoms with E-state index in [0.717, 1.165) is 24.2 Å². The third-order valence-electron chi connectivity index (χ3n) is 7.42. The van der Waals surface area contributed by atoms with Crippen molar-refractivity contribution in [3.8, 4) is 11.5 Å². The molecule has 8 heteroatoms. The molecule has 39 heavy (non-hydrogen) atoms. The number of hydrogen-bond acceptors (Lipinski definition) is 6. The van der Waals surface area contributed by atoms with Gasteiger partial charge in [-0.25, -0.2) is 0 Å². The number of carbonyl (C=O) groups excluding carboxylic acids is 2. The van der Waals surface area contributed by atoms with Crippen molar-refractivity contribution in [2.75, 3.05) is 39.4 Å². The van der Waals surface area contributed by atoms with Crippen LogP contribution in [0, 0.1) is 6.92 Å². The second-order valence-electron chi connectivity index (χ2n) is 9.92. The SMILES string of the molecule is Cc1ccccc1COc1ccc(C([O-])=C2C(=O)C(=O)N(CC[NH+]3CCOCC3)C2c2ccc(O)cc2)cc1. The zero-order valence-corrected chi connectivity index (χ0v) is 21.9. The van der Waals surface area contributed by atoms with E-state index in [1.807, 2.05) is 31.2 Å². The second kappa shape index (κ2) is 11.7. The van der Waals surface area contributed by atoms with Crippen LogP contribution in [0.2, 0.25) is 0 Å². The summed E-state index contributed by atoms with van der Waals surface area (Å²) >= 11 is 0. The molecule has 202 valence electrons. The Balaban J connectivity index is 1.41. The molecule has 2 saturated heterocycles. The van der Waals surface area contributed by atoms with Crippen LogP contribution in [0.15, 0.2) is 78.4 Å². The van der Waals surface area contributed by atoms with Crippen LogP contribution in [0.3, 0.4) is 0 Å². The summed E-state index contributed by atoms with van der Waals surface area (Å²) < 4.78 is 11.3. The summed E-state index contributed by atoms with van der Waals surface area (Å²) in [4.78, 5) is 29.2. The van der Waals surface area contributed by atoms with Gasteiger partial charge in [0.05, 0.1) is 32.3 Å². The van der Waals surface area contributed by atoms with E-state index in [9.17, 15) is 19.8 Å². The van der Waals surface area contributed by atoms with Gasteiger partial charge in [0.1, 0.15) is 31.2 Å². The number of carbonyl (C=O) groups is 2. The fraction of sp³-hybridized carbons (Fsp3) is 0.290. The lowest BCUT2D eigenvalue weighted by atomic mass is 9.95. The highest BCUT2D eigenvalue weighted by Gasteiger charge is 2.44. The molecule has 0 saturated carbocycles. The van der Waals surface area contributed by atoms with Crippen molar-refractivity contribution < 1.29 is 34.2 Å². The van der Waals surface area contributed by atoms with E-state index in [4.69, 9.17) is 9.47 Å². The number of aromatic hydroxyl groups is 1. The highest BCUT2D eigenvalue weighted by Crippen LogP contribution is 2.39. The Morgan fingerprint density at radius 2 is 1.72 bits per heavy atom. The van der Waals surface area contributed by atoms with E-state index in [-0.39, 0.29) is 11.3 Å². The van der Waals surface area contributed by atoms with Gasteiger partial charge in [-0.15, -0.1) is 0 Å². The number of ketones is 1. The number of likely N-dealkylation sites (tertiary alicyclic amines) is 1. The molecular formula is C31H32N2O6. The van der Waals surface area contributed by atoms with E-state index >= 15 is 0 Å². The molecule has 2 fully saturated rings. The number of Topliss-reactive ketones (excluding diaryl/α,β-unsaturated/α-hetero) is 1. The van der Waals surface area contributed by atoms with Crippen molar-refractivity contribution in [2.45, 2.75) is 19.6 Å². The number of aryl methyl sites for hydroxylation is 1. The monoisotopic (exact) mass is 528 g/mol. The van der Waals surface area contributed by atoms with E-state index in [2.05, 4.69) is 0 Å². The lowest BCUT2D eigenvalue weighted by Crippen LogP contribution is -3.14. The molecule has 2 aliphatic heterocycles. The zero-order chi connectivity index (χ0) is 27.4. The van der Waals surface area contributed by atoms with Crippen molar-refractivity contribution in [3.63, 3.8) is 0 Å². The number of amides is 1. The Kier molecular flexibility index (Phi) is 7.95. The normalized spacial score (nSPS) is 19.4. The molecule has 8 nitrogen and oxygen atoms in total. The predicted octanol–water partition coefficient (Wildman–Crippen LogP) is 1.42. The summed E-state index contributed by atoms with van der Waals surface area (Å²) in [5.74, 6) is -1.29. The lowest BCUT2D eigenvalue weighted by Gasteiger charge is -2.30. The number of benzene rings is 3. The zero-order valence-electron chi connectivity index (χ0n) is 21.9. The molecule has 2 aliphatic rings. The molecule has 2 heterocycles. The quantitative estimate of drug-likeness (QED) is 0.261. The molecule has 2 N–H and O–H groups in total. The molecule has 3 aromatic rings. The van der Waals surface area contributed by atoms with E-state index in [1.54, 1.807) is 36.4 Å². The minimum absolute atomic E-state index is 0.0628. The molecule has 1 unspecified atom stereocenters. The van der Waals surface area contributed by atoms with Crippen LogP contribution in [0.5, 0.6) is 11.5 Å². The topological polar surface area (TPSA) is 104 Å². The molecule has 0 bridgehead atoms. The van der Waals surface area contributed by atoms with E-state index in [0.29, 0.717) is 49.8 Å². The van der Waals surface area contributed by atoms with Gasteiger partial charge in [-0.05, 0) is 53.4 Å². The van der Waals surface area contributed by atoms with Crippen LogP contribution in [0.1, 0.15) is 28.3 Å². The van der Waals surface area contributed by atoms with Gasteiger partial charge in [-0.1, -0.05) is 54.3 Å². The number of quaternary nitrogens is 1. The third-order valence-corrected chi connectivity index (χ3v) is 7.42. The molecule has 0 spiro atoms. The Morgan fingerprint density at radius 1 is 1.03 bits per heavy atom. The summed E-state index contributed by atoms with van der Waals surface area (Å²) in [5, 5.41) is 23.5. The average molecular weight is 529 g/mol. The average Bonchev–Trinajstić information content (AvgIpc) is 3.21. The number of hydrogen-bond donors (Lipinski definition) is 2. The Labute approximate surface area is 227 Å². The minimum atomic E-state index is -0.824. The molecule has 0 aliphatic carbocycles. The molecule has 1 atom stereocenters. The summed E-state index contributed by atoms with van der Waals surface area (Å²) in [6.45, 7) is 6.36. The van der Waals surface area contributed by atoms with Crippen LogP contribution in [-0.4, -0.2) is 61.1 Å². The molecule has 1 amide bonds. The van der Waals surface area contributed by atoms with Gasteiger partial charge in [0.25, 0.3) is 5.91 Å². The van der Waals surface area contributed by atoms with Crippen LogP contribution in [0.25, 0.3) is 5.76 Å². The number of rotatable bonds is 8. The summed E-state index contributed by atoms with van der Waals surface area (Å²) in [6.07, 6.45) is 0. The van der Waals surface area contributed by atoms with Crippen molar-refractivity contribution in [2.24, 2.45) is 0 Å². The van der Waals surface area contributed by atoms with Gasteiger partial charge in [0.15, 0.2) is 0 Å². The lowest BCUT2D eigenvalue weighted by molar-refractivity contribution is -0.907. The molecular weight excluding hydrogens is 496 g/mol. The van der Waals surface area contributed by atoms with Crippen molar-refractivity contribution in [3.05, 3.63) is 101 Å². The minimum Gasteiger partial charge on any atom is -0.872 e. The second-order valence-corrected chi connectivity index (χ2v) is 9.92. The van der Waals surface area contributed by atoms with Gasteiger partial charge in [-0.2, -0.15) is 0 Å². The maximum absolute atomic E-state index is 13.7. The summed E-state index contributed by atoms with van der Waals surface area (Å²) in [6, 6.07) is 20.1. The van der Waals surface area contributed by atoms with E-state index in [1.165, 1.54) is 21.9 Å². The van der Waals surface area contributed by atoms with Crippen molar-refractivity contribution in [1.82, 2.24) is 4.90 Å². The number of phenolic OH excluding ortho intramolecular Hbond substituents is 1. The maximum atomic E-state index is 13.7. The van der Waals surface area contributed by atoms with Gasteiger partial charge < -0.3 is 29.5 Å². The Bertz CT molecular complexity index is 1360. The largest absolute Gasteiger partial charge is 0.872 e. The Hall–Kier alpha value is -4.14. The first-order chi connectivity index (χ1) is 18.9. The number of phenols is 1. The number of ether oxygens (including phenoxy) is 2. The van der Waals surface area contributed by atoms with Crippen LogP contribution in [-0.2, 0) is 20.9 Å². The number of morpholine rings is 1. The van der Waals surface area contributed by atoms with Gasteiger partial charge >= 0.3 is 0 Å². The van der Waals surface area contributed by atoms with Crippen LogP contribution >= 0.6 is 0 Å². The molecule has 0 radical (unpaired) electrons. The summed E-state index contributed by atoms with van der Waals surface area (Å²) in [7, 11) is 0. The van der Waals surface area contributed by atoms with E-state index < -0.39 is 23.5 Å². The Morgan fingerprint density at radius 3 is 2.41 bits per heavy atom. The first-order valence-corrected chi connectivity index (χ1v) is 13.2. The summed E-state index contributed by atoms with van der Waals surface area (Å²) in [5.41, 5.74) is 3.03. The van der Waals surface area contributed by atoms with Gasteiger partial charge in [-0.3, -0.25) is 9.59 Å². The maximum Gasteiger partial charge on any atom is 0.295 e. The van der Waals surface area contributed by atoms with Gasteiger partial charge in [0.2, 0.25) is 5.78 Å².